The number of para-hydroxylation sites is 2. The molecule has 0 aromatic heterocycles. The van der Waals surface area contributed by atoms with Crippen LogP contribution in [0.15, 0.2) is 29.3 Å². The van der Waals surface area contributed by atoms with Gasteiger partial charge in [-0.05, 0) is 25.0 Å². The first kappa shape index (κ1) is 19.0. The molecule has 2 heterocycles. The lowest BCUT2D eigenvalue weighted by molar-refractivity contribution is -0.329. The number of nitrogens with one attached hydrogen (secondary N) is 1. The highest BCUT2D eigenvalue weighted by molar-refractivity contribution is 7.75. The molecule has 0 spiro atoms. The summed E-state index contributed by atoms with van der Waals surface area (Å²) < 4.78 is 28.2. The topological polar surface area (TPSA) is 140 Å². The third-order valence-electron chi connectivity index (χ3n) is 3.99. The lowest BCUT2D eigenvalue weighted by Crippen LogP contribution is -2.61. The number of nitrogens with zero attached hydrogens (tertiary/aromatic N) is 2. The second-order valence-corrected chi connectivity index (χ2v) is 5.81. The molecule has 1 aromatic rings. The minimum atomic E-state index is -0.817. The summed E-state index contributed by atoms with van der Waals surface area (Å²) in [7, 11) is 1.45. The minimum Gasteiger partial charge on any atom is -0.487 e. The molecule has 11 nitrogen and oxygen atoms in total. The fourth-order valence-corrected chi connectivity index (χ4v) is 3.12. The molecule has 12 heteroatoms. The maximum absolute atomic E-state index is 8.85. The van der Waals surface area contributed by atoms with Crippen molar-refractivity contribution in [2.24, 2.45) is 10.7 Å². The first-order chi connectivity index (χ1) is 12.5. The molecule has 5 unspecified atom stereocenters. The number of rotatable bonds is 4. The van der Waals surface area contributed by atoms with E-state index in [1.54, 1.807) is 18.2 Å². The first-order valence-corrected chi connectivity index (χ1v) is 8.04. The number of fused-ring (bicyclic) bond motifs is 2. The number of benzene rings is 1. The summed E-state index contributed by atoms with van der Waals surface area (Å²) in [6.45, 7) is 0.187. The molecule has 2 aliphatic heterocycles. The summed E-state index contributed by atoms with van der Waals surface area (Å²) in [6, 6.07) is 6.40. The van der Waals surface area contributed by atoms with Gasteiger partial charge >= 0.3 is 0 Å². The fraction of sp³-hybridized carbons (Fsp3) is 0.500. The minimum absolute atomic E-state index is 0.187. The zero-order valence-corrected chi connectivity index (χ0v) is 14.7. The molecule has 144 valence electrons. The molecule has 1 aromatic carbocycles. The number of aliphatic imine (C=N–C) groups is 1. The Balaban J connectivity index is 1.95. The zero-order chi connectivity index (χ0) is 18.7. The zero-order valence-electron chi connectivity index (χ0n) is 13.8. The van der Waals surface area contributed by atoms with E-state index in [4.69, 9.17) is 39.3 Å². The summed E-state index contributed by atoms with van der Waals surface area (Å²) >= 11 is 3.88. The lowest BCUT2D eigenvalue weighted by atomic mass is 9.96. The van der Waals surface area contributed by atoms with Gasteiger partial charge in [0.2, 0.25) is 5.96 Å². The van der Waals surface area contributed by atoms with E-state index >= 15 is 0 Å². The summed E-state index contributed by atoms with van der Waals surface area (Å²) in [5.41, 5.74) is 7.71. The Kier molecular flexibility index (Phi) is 6.03. The molecule has 0 aliphatic carbocycles. The molecule has 0 amide bonds. The van der Waals surface area contributed by atoms with Gasteiger partial charge in [0.15, 0.2) is 23.9 Å². The molecule has 0 saturated carbocycles. The van der Waals surface area contributed by atoms with Gasteiger partial charge in [0.25, 0.3) is 0 Å². The summed E-state index contributed by atoms with van der Waals surface area (Å²) in [4.78, 5) is 4.23. The molecular weight excluding hydrogens is 368 g/mol. The van der Waals surface area contributed by atoms with Crippen LogP contribution in [0.5, 0.6) is 11.5 Å². The van der Waals surface area contributed by atoms with Crippen LogP contribution < -0.4 is 20.6 Å². The predicted octanol–water partition coefficient (Wildman–Crippen LogP) is -0.304. The second kappa shape index (κ2) is 8.26. The smallest absolute Gasteiger partial charge is 0.207 e. The van der Waals surface area contributed by atoms with Crippen molar-refractivity contribution in [3.05, 3.63) is 24.3 Å². The van der Waals surface area contributed by atoms with Crippen molar-refractivity contribution < 1.29 is 33.5 Å². The van der Waals surface area contributed by atoms with E-state index in [2.05, 4.69) is 17.9 Å². The molecule has 2 aliphatic rings. The number of ether oxygens (including phenoxy) is 4. The van der Waals surface area contributed by atoms with Crippen LogP contribution in [0.4, 0.5) is 0 Å². The van der Waals surface area contributed by atoms with Crippen molar-refractivity contribution in [2.75, 3.05) is 13.7 Å². The predicted molar refractivity (Wildman–Crippen MR) is 89.8 cm³/mol. The van der Waals surface area contributed by atoms with Crippen LogP contribution in [0, 0.1) is 0 Å². The first-order valence-electron chi connectivity index (χ1n) is 7.68. The molecule has 0 radical (unpaired) electrons. The van der Waals surface area contributed by atoms with Gasteiger partial charge in [-0.1, -0.05) is 12.1 Å². The maximum Gasteiger partial charge on any atom is 0.207 e. The quantitative estimate of drug-likeness (QED) is 0.153. The van der Waals surface area contributed by atoms with E-state index in [9.17, 15) is 0 Å². The summed E-state index contributed by atoms with van der Waals surface area (Å²) in [5.74, 6) is 0.788. The molecule has 5 atom stereocenters. The van der Waals surface area contributed by atoms with E-state index in [1.165, 1.54) is 7.11 Å². The van der Waals surface area contributed by atoms with Crippen molar-refractivity contribution in [3.63, 3.8) is 0 Å². The molecule has 0 bridgehead atoms. The van der Waals surface area contributed by atoms with Crippen LogP contribution >= 0.6 is 12.9 Å². The summed E-state index contributed by atoms with van der Waals surface area (Å²) in [6.07, 6.45) is -2.81. The standard InChI is InChI=1S/C14H20N4O7S/c1-21-13-12(25-26)10(16-14(15)17-18(19)20)11-9(24-13)6-22-7-4-2-3-5-8(7)23-11/h2-5,9-13,19-20,26H,6H2,1H3,(H3,15,16,17). The Morgan fingerprint density at radius 2 is 2.12 bits per heavy atom. The highest BCUT2D eigenvalue weighted by Gasteiger charge is 2.50. The van der Waals surface area contributed by atoms with Gasteiger partial charge in [-0.15, -0.1) is 0 Å². The molecule has 1 fully saturated rings. The molecule has 1 saturated heterocycles. The largest absolute Gasteiger partial charge is 0.487 e. The number of nitrogens with two attached hydrogens (primary N) is 1. The van der Waals surface area contributed by atoms with Crippen LogP contribution in [0.1, 0.15) is 0 Å². The van der Waals surface area contributed by atoms with E-state index in [-0.39, 0.29) is 17.9 Å². The van der Waals surface area contributed by atoms with Crippen molar-refractivity contribution in [3.8, 4) is 11.5 Å². The normalized spacial score (nSPS) is 31.3. The number of thiol groups is 1. The SMILES string of the molecule is COC1OC2COc3ccccc3OC2C(N=C(N)NN(O)O)C1OS. The number of hydrogen-bond donors (Lipinski definition) is 5. The van der Waals surface area contributed by atoms with E-state index in [0.717, 1.165) is 0 Å². The average Bonchev–Trinajstić information content (AvgIpc) is 2.80. The molecule has 5 N–H and O–H groups in total. The Morgan fingerprint density at radius 3 is 2.77 bits per heavy atom. The van der Waals surface area contributed by atoms with Gasteiger partial charge < -0.3 is 28.9 Å². The van der Waals surface area contributed by atoms with Gasteiger partial charge in [0.1, 0.15) is 24.9 Å². The molecule has 26 heavy (non-hydrogen) atoms. The van der Waals surface area contributed by atoms with Crippen LogP contribution in [0.3, 0.4) is 0 Å². The van der Waals surface area contributed by atoms with Crippen molar-refractivity contribution in [2.45, 2.75) is 30.6 Å². The van der Waals surface area contributed by atoms with Crippen LogP contribution in [-0.2, 0) is 13.7 Å². The van der Waals surface area contributed by atoms with Gasteiger partial charge in [0.05, 0.1) is 0 Å². The Hall–Kier alpha value is -1.80. The van der Waals surface area contributed by atoms with E-state index in [0.29, 0.717) is 11.5 Å². The van der Waals surface area contributed by atoms with Gasteiger partial charge in [0, 0.05) is 12.4 Å². The summed E-state index contributed by atoms with van der Waals surface area (Å²) in [5, 5.41) is 17.4. The number of hydrogen-bond acceptors (Lipinski definition) is 10. The number of hydrazine groups is 1. The second-order valence-electron chi connectivity index (χ2n) is 5.60. The Bertz CT molecular complexity index is 649. The van der Waals surface area contributed by atoms with Crippen LogP contribution in [0.2, 0.25) is 0 Å². The van der Waals surface area contributed by atoms with E-state index in [1.807, 2.05) is 11.5 Å². The highest BCUT2D eigenvalue weighted by atomic mass is 32.1. The lowest BCUT2D eigenvalue weighted by Gasteiger charge is -2.42. The third-order valence-corrected chi connectivity index (χ3v) is 4.23. The van der Waals surface area contributed by atoms with Crippen LogP contribution in [0.25, 0.3) is 0 Å². The maximum atomic E-state index is 8.85. The van der Waals surface area contributed by atoms with Crippen molar-refractivity contribution in [1.29, 1.82) is 0 Å². The average molecular weight is 388 g/mol. The highest BCUT2D eigenvalue weighted by Crippen LogP contribution is 2.37. The Morgan fingerprint density at radius 1 is 1.38 bits per heavy atom. The number of methoxy groups -OCH3 is 1. The fourth-order valence-electron chi connectivity index (χ4n) is 2.90. The van der Waals surface area contributed by atoms with Gasteiger partial charge in [-0.3, -0.25) is 10.4 Å². The Labute approximate surface area is 154 Å². The van der Waals surface area contributed by atoms with E-state index < -0.39 is 30.6 Å². The van der Waals surface area contributed by atoms with Gasteiger partial charge in [-0.2, -0.15) is 0 Å². The van der Waals surface area contributed by atoms with Gasteiger partial charge in [-0.25, -0.2) is 10.4 Å². The van der Waals surface area contributed by atoms with Crippen LogP contribution in [-0.4, -0.2) is 66.1 Å². The number of guanidine groups is 1. The monoisotopic (exact) mass is 388 g/mol. The van der Waals surface area contributed by atoms with Crippen molar-refractivity contribution >= 4 is 18.9 Å². The van der Waals surface area contributed by atoms with Crippen molar-refractivity contribution in [1.82, 2.24) is 10.8 Å². The molecule has 3 rings (SSSR count). The third kappa shape index (κ3) is 3.96. The molecular formula is C14H20N4O7S.